The Morgan fingerprint density at radius 3 is 2.72 bits per heavy atom. The minimum atomic E-state index is -1.10. The lowest BCUT2D eigenvalue weighted by Gasteiger charge is -2.07. The average Bonchev–Trinajstić information content (AvgIpc) is 2.65. The highest BCUT2D eigenvalue weighted by Gasteiger charge is 2.13. The van der Waals surface area contributed by atoms with Crippen molar-refractivity contribution in [2.45, 2.75) is 6.54 Å². The fraction of sp³-hybridized carbons (Fsp3) is 0.0833. The molecule has 0 atom stereocenters. The van der Waals surface area contributed by atoms with E-state index in [1.165, 1.54) is 10.6 Å². The van der Waals surface area contributed by atoms with Gasteiger partial charge in [-0.25, -0.2) is 13.6 Å². The van der Waals surface area contributed by atoms with E-state index in [2.05, 4.69) is 0 Å². The van der Waals surface area contributed by atoms with Gasteiger partial charge in [-0.2, -0.15) is 0 Å². The van der Waals surface area contributed by atoms with Crippen molar-refractivity contribution in [3.63, 3.8) is 0 Å². The van der Waals surface area contributed by atoms with Crippen LogP contribution in [0.5, 0.6) is 0 Å². The molecular weight excluding hydrogens is 355 g/mol. The molecule has 1 aromatic heterocycles. The first-order valence-corrected chi connectivity index (χ1v) is 6.08. The zero-order chi connectivity index (χ0) is 13.3. The van der Waals surface area contributed by atoms with Crippen molar-refractivity contribution < 1.29 is 18.7 Å². The van der Waals surface area contributed by atoms with Crippen molar-refractivity contribution in [2.75, 3.05) is 0 Å². The molecule has 2 aromatic rings. The van der Waals surface area contributed by atoms with Gasteiger partial charge >= 0.3 is 5.97 Å². The fourth-order valence-corrected chi connectivity index (χ4v) is 2.26. The van der Waals surface area contributed by atoms with Crippen LogP contribution in [0.15, 0.2) is 30.5 Å². The molecule has 0 bridgehead atoms. The number of rotatable bonds is 3. The van der Waals surface area contributed by atoms with Gasteiger partial charge < -0.3 is 9.67 Å². The molecular formula is C12H8F2INO2. The summed E-state index contributed by atoms with van der Waals surface area (Å²) >= 11 is 1.97. The van der Waals surface area contributed by atoms with E-state index in [0.717, 1.165) is 21.8 Å². The van der Waals surface area contributed by atoms with Gasteiger partial charge in [0.05, 0.1) is 6.54 Å². The summed E-state index contributed by atoms with van der Waals surface area (Å²) in [4.78, 5) is 11.0. The molecule has 0 amide bonds. The first-order valence-electron chi connectivity index (χ1n) is 5.00. The summed E-state index contributed by atoms with van der Waals surface area (Å²) in [5.41, 5.74) is 0.160. The second-order valence-electron chi connectivity index (χ2n) is 3.71. The van der Waals surface area contributed by atoms with Gasteiger partial charge in [0.25, 0.3) is 0 Å². The smallest absolute Gasteiger partial charge is 0.352 e. The number of carboxylic acid groups (broad SMARTS) is 1. The quantitative estimate of drug-likeness (QED) is 0.852. The van der Waals surface area contributed by atoms with Crippen LogP contribution >= 0.6 is 22.6 Å². The predicted octanol–water partition coefficient (Wildman–Crippen LogP) is 3.12. The maximum Gasteiger partial charge on any atom is 0.352 e. The topological polar surface area (TPSA) is 42.2 Å². The standard InChI is InChI=1S/C12H8F2INO2/c13-8-1-2-10(14)7(3-8)5-16-6-9(15)4-11(16)12(17)18/h1-4,6H,5H2,(H,17,18). The van der Waals surface area contributed by atoms with Gasteiger partial charge in [0, 0.05) is 15.3 Å². The molecule has 18 heavy (non-hydrogen) atoms. The van der Waals surface area contributed by atoms with E-state index in [1.807, 2.05) is 22.6 Å². The minimum Gasteiger partial charge on any atom is -0.477 e. The van der Waals surface area contributed by atoms with E-state index in [-0.39, 0.29) is 17.8 Å². The molecule has 0 spiro atoms. The zero-order valence-electron chi connectivity index (χ0n) is 9.03. The third kappa shape index (κ3) is 2.69. The Morgan fingerprint density at radius 1 is 1.33 bits per heavy atom. The molecule has 0 saturated carbocycles. The van der Waals surface area contributed by atoms with Gasteiger partial charge in [0.15, 0.2) is 0 Å². The molecule has 94 valence electrons. The van der Waals surface area contributed by atoms with Crippen LogP contribution in [0.1, 0.15) is 16.1 Å². The zero-order valence-corrected chi connectivity index (χ0v) is 11.2. The van der Waals surface area contributed by atoms with E-state index in [9.17, 15) is 13.6 Å². The van der Waals surface area contributed by atoms with E-state index < -0.39 is 17.6 Å². The van der Waals surface area contributed by atoms with Crippen molar-refractivity contribution in [2.24, 2.45) is 0 Å². The number of carbonyl (C=O) groups is 1. The molecule has 1 heterocycles. The molecule has 3 nitrogen and oxygen atoms in total. The Labute approximate surface area is 115 Å². The average molecular weight is 363 g/mol. The van der Waals surface area contributed by atoms with E-state index >= 15 is 0 Å². The van der Waals surface area contributed by atoms with Crippen LogP contribution in [0.4, 0.5) is 8.78 Å². The number of aromatic nitrogens is 1. The summed E-state index contributed by atoms with van der Waals surface area (Å²) in [6.07, 6.45) is 1.58. The van der Waals surface area contributed by atoms with E-state index in [1.54, 1.807) is 6.20 Å². The molecule has 0 aliphatic carbocycles. The highest BCUT2D eigenvalue weighted by molar-refractivity contribution is 14.1. The number of hydrogen-bond donors (Lipinski definition) is 1. The molecule has 2 rings (SSSR count). The number of benzene rings is 1. The minimum absolute atomic E-state index is 0.0196. The van der Waals surface area contributed by atoms with Crippen LogP contribution in [0.3, 0.4) is 0 Å². The molecule has 0 fully saturated rings. The first kappa shape index (κ1) is 13.0. The Kier molecular flexibility index (Phi) is 3.65. The summed E-state index contributed by atoms with van der Waals surface area (Å²) in [5.74, 6) is -2.21. The van der Waals surface area contributed by atoms with Crippen molar-refractivity contribution in [1.82, 2.24) is 4.57 Å². The van der Waals surface area contributed by atoms with E-state index in [0.29, 0.717) is 0 Å². The van der Waals surface area contributed by atoms with E-state index in [4.69, 9.17) is 5.11 Å². The second-order valence-corrected chi connectivity index (χ2v) is 4.96. The number of aromatic carboxylic acids is 1. The molecule has 0 unspecified atom stereocenters. The lowest BCUT2D eigenvalue weighted by Crippen LogP contribution is -2.09. The van der Waals surface area contributed by atoms with Crippen molar-refractivity contribution in [3.8, 4) is 0 Å². The number of halogens is 3. The van der Waals surface area contributed by atoms with Crippen molar-refractivity contribution >= 4 is 28.6 Å². The van der Waals surface area contributed by atoms with Crippen LogP contribution < -0.4 is 0 Å². The molecule has 6 heteroatoms. The van der Waals surface area contributed by atoms with Crippen LogP contribution in [0.2, 0.25) is 0 Å². The Morgan fingerprint density at radius 2 is 2.06 bits per heavy atom. The highest BCUT2D eigenvalue weighted by Crippen LogP contribution is 2.16. The van der Waals surface area contributed by atoms with Gasteiger partial charge in [-0.3, -0.25) is 0 Å². The van der Waals surface area contributed by atoms with Gasteiger partial charge in [-0.1, -0.05) is 0 Å². The highest BCUT2D eigenvalue weighted by atomic mass is 127. The molecule has 0 aliphatic heterocycles. The van der Waals surface area contributed by atoms with Crippen molar-refractivity contribution in [1.29, 1.82) is 0 Å². The van der Waals surface area contributed by atoms with Gasteiger partial charge in [-0.15, -0.1) is 0 Å². The second kappa shape index (κ2) is 5.05. The van der Waals surface area contributed by atoms with Gasteiger partial charge in [0.1, 0.15) is 17.3 Å². The first-order chi connectivity index (χ1) is 8.47. The summed E-state index contributed by atoms with van der Waals surface area (Å²) in [7, 11) is 0. The fourth-order valence-electron chi connectivity index (χ4n) is 1.63. The van der Waals surface area contributed by atoms with Crippen LogP contribution in [-0.2, 0) is 6.54 Å². The monoisotopic (exact) mass is 363 g/mol. The predicted molar refractivity (Wildman–Crippen MR) is 69.6 cm³/mol. The Hall–Kier alpha value is -1.44. The third-order valence-electron chi connectivity index (χ3n) is 2.43. The lowest BCUT2D eigenvalue weighted by molar-refractivity contribution is 0.0685. The van der Waals surface area contributed by atoms with Gasteiger partial charge in [-0.05, 0) is 46.9 Å². The number of carboxylic acids is 1. The van der Waals surface area contributed by atoms with Crippen LogP contribution in [0, 0.1) is 15.2 Å². The summed E-state index contributed by atoms with van der Waals surface area (Å²) in [6, 6.07) is 4.59. The maximum atomic E-state index is 13.5. The Bertz CT molecular complexity index is 610. The molecule has 0 saturated heterocycles. The Balaban J connectivity index is 2.39. The van der Waals surface area contributed by atoms with Crippen LogP contribution in [-0.4, -0.2) is 15.6 Å². The maximum absolute atomic E-state index is 13.5. The number of hydrogen-bond acceptors (Lipinski definition) is 1. The van der Waals surface area contributed by atoms with Crippen LogP contribution in [0.25, 0.3) is 0 Å². The molecule has 1 N–H and O–H groups in total. The normalized spacial score (nSPS) is 10.6. The molecule has 1 aromatic carbocycles. The van der Waals surface area contributed by atoms with Crippen molar-refractivity contribution in [3.05, 3.63) is 56.9 Å². The molecule has 0 aliphatic rings. The SMILES string of the molecule is O=C(O)c1cc(I)cn1Cc1cc(F)ccc1F. The summed E-state index contributed by atoms with van der Waals surface area (Å²) in [6.45, 7) is -0.0196. The lowest BCUT2D eigenvalue weighted by atomic mass is 10.2. The summed E-state index contributed by atoms with van der Waals surface area (Å²) in [5, 5.41) is 8.99. The number of nitrogens with zero attached hydrogens (tertiary/aromatic N) is 1. The molecule has 0 radical (unpaired) electrons. The summed E-state index contributed by atoms with van der Waals surface area (Å²) < 4.78 is 28.6. The van der Waals surface area contributed by atoms with Gasteiger partial charge in [0.2, 0.25) is 0 Å². The third-order valence-corrected chi connectivity index (χ3v) is 3.02. The largest absolute Gasteiger partial charge is 0.477 e.